The molecular formula is C11H16O. The Morgan fingerprint density at radius 2 is 2.00 bits per heavy atom. The molecule has 1 nitrogen and oxygen atoms in total. The molecule has 0 aromatic rings. The Morgan fingerprint density at radius 3 is 2.33 bits per heavy atom. The van der Waals surface area contributed by atoms with Crippen molar-refractivity contribution in [2.24, 2.45) is 5.92 Å². The first-order chi connectivity index (χ1) is 5.52. The smallest absolute Gasteiger partial charge is 0.161 e. The number of carbonyl (C=O) groups is 1. The molecule has 0 radical (unpaired) electrons. The molecule has 1 aliphatic rings. The van der Waals surface area contributed by atoms with E-state index < -0.39 is 0 Å². The molecule has 1 heteroatoms. The van der Waals surface area contributed by atoms with Gasteiger partial charge in [-0.05, 0) is 25.8 Å². The largest absolute Gasteiger partial charge is 0.294 e. The molecule has 0 aromatic heterocycles. The topological polar surface area (TPSA) is 17.1 Å². The Kier molecular flexibility index (Phi) is 2.51. The Balaban J connectivity index is 2.74. The summed E-state index contributed by atoms with van der Waals surface area (Å²) in [6.07, 6.45) is 2.89. The maximum atomic E-state index is 11.5. The van der Waals surface area contributed by atoms with Crippen LogP contribution in [-0.4, -0.2) is 5.78 Å². The summed E-state index contributed by atoms with van der Waals surface area (Å²) in [4.78, 5) is 11.5. The highest BCUT2D eigenvalue weighted by Gasteiger charge is 2.18. The summed E-state index contributed by atoms with van der Waals surface area (Å²) in [5.74, 6) is 0.432. The molecule has 0 aromatic carbocycles. The third-order valence-corrected chi connectivity index (χ3v) is 2.36. The fourth-order valence-electron chi connectivity index (χ4n) is 1.39. The summed E-state index contributed by atoms with van der Waals surface area (Å²) in [7, 11) is 0. The number of allylic oxidation sites excluding steroid dienone is 4. The van der Waals surface area contributed by atoms with Crippen LogP contribution >= 0.6 is 0 Å². The zero-order chi connectivity index (χ0) is 9.30. The third-order valence-electron chi connectivity index (χ3n) is 2.36. The van der Waals surface area contributed by atoms with Crippen LogP contribution in [0.3, 0.4) is 0 Å². The first-order valence-electron chi connectivity index (χ1n) is 4.43. The van der Waals surface area contributed by atoms with Crippen molar-refractivity contribution in [3.05, 3.63) is 22.8 Å². The lowest BCUT2D eigenvalue weighted by Gasteiger charge is -2.04. The van der Waals surface area contributed by atoms with Gasteiger partial charge in [-0.2, -0.15) is 0 Å². The lowest BCUT2D eigenvalue weighted by molar-refractivity contribution is -0.118. The minimum absolute atomic E-state index is 0.134. The van der Waals surface area contributed by atoms with Gasteiger partial charge in [-0.3, -0.25) is 4.79 Å². The Hall–Kier alpha value is -0.850. The molecule has 0 spiro atoms. The Bertz CT molecular complexity index is 267. The maximum absolute atomic E-state index is 11.5. The lowest BCUT2D eigenvalue weighted by Crippen LogP contribution is -2.08. The predicted octanol–water partition coefficient (Wildman–Crippen LogP) is 2.88. The zero-order valence-corrected chi connectivity index (χ0v) is 8.27. The van der Waals surface area contributed by atoms with Gasteiger partial charge in [0.1, 0.15) is 0 Å². The molecule has 0 N–H and O–H groups in total. The predicted molar refractivity (Wildman–Crippen MR) is 50.9 cm³/mol. The summed E-state index contributed by atoms with van der Waals surface area (Å²) in [5, 5.41) is 0. The molecule has 1 aliphatic carbocycles. The van der Waals surface area contributed by atoms with Crippen LogP contribution in [-0.2, 0) is 4.79 Å². The first-order valence-corrected chi connectivity index (χ1v) is 4.43. The number of rotatable bonds is 2. The average Bonchev–Trinajstić information content (AvgIpc) is 2.30. The van der Waals surface area contributed by atoms with Crippen LogP contribution in [0.2, 0.25) is 0 Å². The zero-order valence-electron chi connectivity index (χ0n) is 8.27. The lowest BCUT2D eigenvalue weighted by atomic mass is 9.99. The SMILES string of the molecule is CC1=C(C)CC(C(=O)C(C)C)=C1. The van der Waals surface area contributed by atoms with E-state index in [9.17, 15) is 4.79 Å². The monoisotopic (exact) mass is 164 g/mol. The van der Waals surface area contributed by atoms with Gasteiger partial charge in [0.25, 0.3) is 0 Å². The molecule has 12 heavy (non-hydrogen) atoms. The van der Waals surface area contributed by atoms with Crippen molar-refractivity contribution in [3.8, 4) is 0 Å². The van der Waals surface area contributed by atoms with Crippen LogP contribution in [0, 0.1) is 5.92 Å². The molecule has 1 rings (SSSR count). The first kappa shape index (κ1) is 9.24. The van der Waals surface area contributed by atoms with Crippen LogP contribution < -0.4 is 0 Å². The summed E-state index contributed by atoms with van der Waals surface area (Å²) >= 11 is 0. The standard InChI is InChI=1S/C11H16O/c1-7(2)11(12)10-5-8(3)9(4)6-10/h5,7H,6H2,1-4H3. The summed E-state index contributed by atoms with van der Waals surface area (Å²) in [5.41, 5.74) is 3.58. The van der Waals surface area contributed by atoms with Gasteiger partial charge in [-0.15, -0.1) is 0 Å². The van der Waals surface area contributed by atoms with E-state index in [1.165, 1.54) is 11.1 Å². The van der Waals surface area contributed by atoms with Crippen LogP contribution in [0.4, 0.5) is 0 Å². The second-order valence-electron chi connectivity index (χ2n) is 3.83. The number of Topliss-reactive ketones (excluding diaryl/α,β-unsaturated/α-hetero) is 1. The van der Waals surface area contributed by atoms with E-state index in [0.717, 1.165) is 12.0 Å². The molecule has 0 heterocycles. The molecule has 0 saturated heterocycles. The van der Waals surface area contributed by atoms with Gasteiger partial charge in [-0.25, -0.2) is 0 Å². The van der Waals surface area contributed by atoms with Crippen molar-refractivity contribution in [2.75, 3.05) is 0 Å². The van der Waals surface area contributed by atoms with Crippen molar-refractivity contribution in [1.29, 1.82) is 0 Å². The highest BCUT2D eigenvalue weighted by Crippen LogP contribution is 2.26. The van der Waals surface area contributed by atoms with Crippen LogP contribution in [0.5, 0.6) is 0 Å². The van der Waals surface area contributed by atoms with E-state index in [4.69, 9.17) is 0 Å². The fourth-order valence-corrected chi connectivity index (χ4v) is 1.39. The molecule has 0 aliphatic heterocycles. The van der Waals surface area contributed by atoms with Crippen LogP contribution in [0.25, 0.3) is 0 Å². The van der Waals surface area contributed by atoms with E-state index in [1.807, 2.05) is 19.9 Å². The Morgan fingerprint density at radius 1 is 1.42 bits per heavy atom. The van der Waals surface area contributed by atoms with Gasteiger partial charge < -0.3 is 0 Å². The maximum Gasteiger partial charge on any atom is 0.161 e. The summed E-state index contributed by atoms with van der Waals surface area (Å²) < 4.78 is 0. The number of carbonyl (C=O) groups excluding carboxylic acids is 1. The van der Waals surface area contributed by atoms with Gasteiger partial charge in [0, 0.05) is 5.92 Å². The van der Waals surface area contributed by atoms with Crippen molar-refractivity contribution in [2.45, 2.75) is 34.1 Å². The second kappa shape index (κ2) is 3.26. The molecule has 0 bridgehead atoms. The van der Waals surface area contributed by atoms with Crippen molar-refractivity contribution in [1.82, 2.24) is 0 Å². The van der Waals surface area contributed by atoms with Gasteiger partial charge >= 0.3 is 0 Å². The molecule has 0 fully saturated rings. The number of hydrogen-bond donors (Lipinski definition) is 0. The van der Waals surface area contributed by atoms with Crippen molar-refractivity contribution < 1.29 is 4.79 Å². The molecule has 66 valence electrons. The summed E-state index contributed by atoms with van der Waals surface area (Å²) in [6.45, 7) is 8.06. The van der Waals surface area contributed by atoms with E-state index >= 15 is 0 Å². The minimum atomic E-state index is 0.134. The molecule has 0 unspecified atom stereocenters. The highest BCUT2D eigenvalue weighted by atomic mass is 16.1. The molecule has 0 atom stereocenters. The fraction of sp³-hybridized carbons (Fsp3) is 0.545. The van der Waals surface area contributed by atoms with Crippen LogP contribution in [0.15, 0.2) is 22.8 Å². The van der Waals surface area contributed by atoms with Crippen LogP contribution in [0.1, 0.15) is 34.1 Å². The van der Waals surface area contributed by atoms with E-state index in [2.05, 4.69) is 13.8 Å². The Labute approximate surface area is 74.2 Å². The van der Waals surface area contributed by atoms with E-state index in [-0.39, 0.29) is 5.92 Å². The normalized spacial score (nSPS) is 17.2. The number of ketones is 1. The van der Waals surface area contributed by atoms with Gasteiger partial charge in [0.15, 0.2) is 5.78 Å². The van der Waals surface area contributed by atoms with Gasteiger partial charge in [0.2, 0.25) is 0 Å². The van der Waals surface area contributed by atoms with Gasteiger partial charge in [0.05, 0.1) is 0 Å². The van der Waals surface area contributed by atoms with Crippen molar-refractivity contribution >= 4 is 5.78 Å². The quantitative estimate of drug-likeness (QED) is 0.613. The van der Waals surface area contributed by atoms with Crippen molar-refractivity contribution in [3.63, 3.8) is 0 Å². The number of hydrogen-bond acceptors (Lipinski definition) is 1. The second-order valence-corrected chi connectivity index (χ2v) is 3.83. The molecule has 0 saturated carbocycles. The highest BCUT2D eigenvalue weighted by molar-refractivity contribution is 5.98. The average molecular weight is 164 g/mol. The van der Waals surface area contributed by atoms with E-state index in [1.54, 1.807) is 0 Å². The third kappa shape index (κ3) is 1.66. The molecular weight excluding hydrogens is 148 g/mol. The minimum Gasteiger partial charge on any atom is -0.294 e. The summed E-state index contributed by atoms with van der Waals surface area (Å²) in [6, 6.07) is 0. The van der Waals surface area contributed by atoms with Gasteiger partial charge in [-0.1, -0.05) is 31.1 Å². The van der Waals surface area contributed by atoms with E-state index in [0.29, 0.717) is 5.78 Å². The molecule has 0 amide bonds.